The van der Waals surface area contributed by atoms with Gasteiger partial charge in [-0.1, -0.05) is 23.5 Å². The van der Waals surface area contributed by atoms with Crippen LogP contribution in [-0.4, -0.2) is 33.8 Å². The second-order valence-electron chi connectivity index (χ2n) is 5.56. The van der Waals surface area contributed by atoms with E-state index in [-0.39, 0.29) is 0 Å². The van der Waals surface area contributed by atoms with Gasteiger partial charge in [-0.3, -0.25) is 4.98 Å². The number of anilines is 1. The molecule has 26 heavy (non-hydrogen) atoms. The van der Waals surface area contributed by atoms with Gasteiger partial charge in [0.15, 0.2) is 0 Å². The van der Waals surface area contributed by atoms with Gasteiger partial charge in [0.05, 0.1) is 32.3 Å². The van der Waals surface area contributed by atoms with Crippen molar-refractivity contribution in [1.82, 2.24) is 19.6 Å². The Morgan fingerprint density at radius 2 is 1.85 bits per heavy atom. The van der Waals surface area contributed by atoms with E-state index in [0.29, 0.717) is 12.3 Å². The molecule has 7 nitrogen and oxygen atoms in total. The molecule has 0 saturated heterocycles. The van der Waals surface area contributed by atoms with Gasteiger partial charge in [-0.15, -0.1) is 5.10 Å². The maximum absolute atomic E-state index is 5.24. The maximum Gasteiger partial charge on any atom is 0.214 e. The van der Waals surface area contributed by atoms with Crippen molar-refractivity contribution in [2.24, 2.45) is 0 Å². The number of methoxy groups -OCH3 is 2. The molecule has 1 N–H and O–H groups in total. The van der Waals surface area contributed by atoms with E-state index >= 15 is 0 Å². The molecular formula is C18H17N5O2S. The van der Waals surface area contributed by atoms with Gasteiger partial charge >= 0.3 is 0 Å². The third-order valence-corrected chi connectivity index (χ3v) is 4.81. The summed E-state index contributed by atoms with van der Waals surface area (Å²) in [7, 11) is 3.28. The van der Waals surface area contributed by atoms with Gasteiger partial charge in [0.1, 0.15) is 11.5 Å². The molecule has 0 radical (unpaired) electrons. The summed E-state index contributed by atoms with van der Waals surface area (Å²) >= 11 is 1.50. The number of rotatable bonds is 6. The van der Waals surface area contributed by atoms with Crippen molar-refractivity contribution in [3.63, 3.8) is 0 Å². The summed E-state index contributed by atoms with van der Waals surface area (Å²) in [6.45, 7) is 0.677. The van der Waals surface area contributed by atoms with Crippen LogP contribution in [-0.2, 0) is 6.54 Å². The van der Waals surface area contributed by atoms with Crippen molar-refractivity contribution in [3.8, 4) is 22.8 Å². The van der Waals surface area contributed by atoms with E-state index in [1.54, 1.807) is 32.8 Å². The summed E-state index contributed by atoms with van der Waals surface area (Å²) in [5.41, 5.74) is 2.93. The molecule has 0 atom stereocenters. The first-order valence-corrected chi connectivity index (χ1v) is 8.79. The number of ether oxygens (including phenoxy) is 2. The van der Waals surface area contributed by atoms with Crippen molar-refractivity contribution in [2.45, 2.75) is 6.54 Å². The van der Waals surface area contributed by atoms with E-state index < -0.39 is 0 Å². The van der Waals surface area contributed by atoms with Crippen molar-refractivity contribution in [3.05, 3.63) is 54.5 Å². The van der Waals surface area contributed by atoms with Gasteiger partial charge in [0.25, 0.3) is 0 Å². The van der Waals surface area contributed by atoms with Gasteiger partial charge in [-0.05, 0) is 23.8 Å². The highest BCUT2D eigenvalue weighted by atomic mass is 32.1. The molecule has 4 aromatic rings. The molecule has 0 aliphatic rings. The van der Waals surface area contributed by atoms with Crippen LogP contribution in [0.4, 0.5) is 5.13 Å². The minimum Gasteiger partial charge on any atom is -0.497 e. The van der Waals surface area contributed by atoms with Crippen LogP contribution in [0.15, 0.2) is 48.9 Å². The molecule has 0 fully saturated rings. The summed E-state index contributed by atoms with van der Waals surface area (Å²) in [6.07, 6.45) is 5.24. The largest absolute Gasteiger partial charge is 0.497 e. The van der Waals surface area contributed by atoms with Crippen molar-refractivity contribution >= 4 is 21.4 Å². The number of nitrogens with zero attached hydrogens (tertiary/aromatic N) is 4. The molecule has 8 heteroatoms. The van der Waals surface area contributed by atoms with E-state index in [0.717, 1.165) is 32.7 Å². The second-order valence-corrected chi connectivity index (χ2v) is 6.52. The van der Waals surface area contributed by atoms with Gasteiger partial charge < -0.3 is 14.8 Å². The van der Waals surface area contributed by atoms with Crippen LogP contribution in [0, 0.1) is 0 Å². The quantitative estimate of drug-likeness (QED) is 0.562. The maximum atomic E-state index is 5.24. The molecule has 0 saturated carbocycles. The zero-order valence-electron chi connectivity index (χ0n) is 14.3. The Morgan fingerprint density at radius 3 is 2.62 bits per heavy atom. The number of benzene rings is 1. The van der Waals surface area contributed by atoms with Crippen LogP contribution >= 0.6 is 11.3 Å². The lowest BCUT2D eigenvalue weighted by atomic mass is 10.2. The van der Waals surface area contributed by atoms with Crippen LogP contribution in [0.5, 0.6) is 11.5 Å². The van der Waals surface area contributed by atoms with E-state index in [1.165, 1.54) is 11.3 Å². The number of fused-ring (bicyclic) bond motifs is 1. The Balaban J connectivity index is 1.55. The number of nitrogens with one attached hydrogen (secondary N) is 1. The summed E-state index contributed by atoms with van der Waals surface area (Å²) < 4.78 is 12.2. The van der Waals surface area contributed by atoms with Crippen molar-refractivity contribution in [1.29, 1.82) is 0 Å². The molecule has 0 unspecified atom stereocenters. The minimum absolute atomic E-state index is 0.677. The Hall–Kier alpha value is -3.13. The van der Waals surface area contributed by atoms with Crippen LogP contribution in [0.25, 0.3) is 16.2 Å². The molecule has 0 spiro atoms. The number of hydrogen-bond acceptors (Lipinski definition) is 7. The topological polar surface area (TPSA) is 73.6 Å². The Bertz CT molecular complexity index is 1030. The van der Waals surface area contributed by atoms with Gasteiger partial charge in [0, 0.05) is 18.3 Å². The van der Waals surface area contributed by atoms with Crippen molar-refractivity contribution in [2.75, 3.05) is 19.5 Å². The van der Waals surface area contributed by atoms with Crippen molar-refractivity contribution < 1.29 is 9.47 Å². The third kappa shape index (κ3) is 3.18. The summed E-state index contributed by atoms with van der Waals surface area (Å²) in [6, 6.07) is 9.86. The Kier molecular flexibility index (Phi) is 4.40. The standard InChI is InChI=1S/C18H17N5O2S/c1-24-14-5-3-12(4-6-14)8-20-17-22-23-16(11-21-18(23)26-17)13-7-15(25-2)10-19-9-13/h3-7,9-11H,8H2,1-2H3,(H,20,22). The zero-order valence-corrected chi connectivity index (χ0v) is 15.2. The highest BCUT2D eigenvalue weighted by Gasteiger charge is 2.12. The van der Waals surface area contributed by atoms with Gasteiger partial charge in [-0.2, -0.15) is 0 Å². The fourth-order valence-electron chi connectivity index (χ4n) is 2.55. The fourth-order valence-corrected chi connectivity index (χ4v) is 3.32. The normalized spacial score (nSPS) is 10.8. The summed E-state index contributed by atoms with van der Waals surface area (Å²) in [4.78, 5) is 9.46. The molecule has 0 aliphatic carbocycles. The zero-order chi connectivity index (χ0) is 17.9. The van der Waals surface area contributed by atoms with Crippen LogP contribution < -0.4 is 14.8 Å². The lowest BCUT2D eigenvalue weighted by Crippen LogP contribution is -2.00. The number of imidazole rings is 1. The van der Waals surface area contributed by atoms with Crippen LogP contribution in [0.2, 0.25) is 0 Å². The Morgan fingerprint density at radius 1 is 1.04 bits per heavy atom. The SMILES string of the molecule is COc1ccc(CNc2nn3c(-c4cncc(OC)c4)cnc3s2)cc1. The number of pyridine rings is 1. The van der Waals surface area contributed by atoms with Gasteiger partial charge in [-0.25, -0.2) is 9.50 Å². The molecule has 3 aromatic heterocycles. The monoisotopic (exact) mass is 367 g/mol. The predicted octanol–water partition coefficient (Wildman–Crippen LogP) is 3.48. The smallest absolute Gasteiger partial charge is 0.214 e. The fraction of sp³-hybridized carbons (Fsp3) is 0.167. The first-order valence-electron chi connectivity index (χ1n) is 7.97. The van der Waals surface area contributed by atoms with E-state index in [2.05, 4.69) is 20.4 Å². The highest BCUT2D eigenvalue weighted by Crippen LogP contribution is 2.27. The van der Waals surface area contributed by atoms with Gasteiger partial charge in [0.2, 0.25) is 10.1 Å². The molecule has 1 aromatic carbocycles. The molecular weight excluding hydrogens is 350 g/mol. The third-order valence-electron chi connectivity index (χ3n) is 3.93. The lowest BCUT2D eigenvalue weighted by Gasteiger charge is -2.04. The average Bonchev–Trinajstić information content (AvgIpc) is 3.27. The molecule has 132 valence electrons. The molecule has 0 amide bonds. The second kappa shape index (κ2) is 7.01. The minimum atomic E-state index is 0.677. The van der Waals surface area contributed by atoms with E-state index in [4.69, 9.17) is 9.47 Å². The lowest BCUT2D eigenvalue weighted by molar-refractivity contribution is 0.413. The van der Waals surface area contributed by atoms with E-state index in [9.17, 15) is 0 Å². The first-order chi connectivity index (χ1) is 12.8. The summed E-state index contributed by atoms with van der Waals surface area (Å²) in [5, 5.41) is 8.77. The molecule has 3 heterocycles. The number of aromatic nitrogens is 4. The number of hydrogen-bond donors (Lipinski definition) is 1. The predicted molar refractivity (Wildman–Crippen MR) is 101 cm³/mol. The molecule has 4 rings (SSSR count). The average molecular weight is 367 g/mol. The first kappa shape index (κ1) is 16.3. The van der Waals surface area contributed by atoms with E-state index in [1.807, 2.05) is 34.8 Å². The van der Waals surface area contributed by atoms with Crippen LogP contribution in [0.3, 0.4) is 0 Å². The summed E-state index contributed by atoms with van der Waals surface area (Å²) in [5.74, 6) is 1.54. The highest BCUT2D eigenvalue weighted by molar-refractivity contribution is 7.20. The molecule has 0 aliphatic heterocycles. The Labute approximate surface area is 154 Å². The molecule has 0 bridgehead atoms. The van der Waals surface area contributed by atoms with Crippen LogP contribution in [0.1, 0.15) is 5.56 Å².